The average Bonchev–Trinajstić information content (AvgIpc) is 2.58. The van der Waals surface area contributed by atoms with Gasteiger partial charge in [-0.2, -0.15) is 0 Å². The zero-order chi connectivity index (χ0) is 16.1. The third-order valence-electron chi connectivity index (χ3n) is 6.60. The van der Waals surface area contributed by atoms with Crippen molar-refractivity contribution in [3.05, 3.63) is 48.2 Å². The summed E-state index contributed by atoms with van der Waals surface area (Å²) in [4.78, 5) is 17.5. The molecule has 4 bridgehead atoms. The fourth-order valence-electron chi connectivity index (χ4n) is 5.94. The number of pyridine rings is 1. The first kappa shape index (κ1) is 14.4. The molecule has 1 heterocycles. The van der Waals surface area contributed by atoms with Gasteiger partial charge in [-0.25, -0.2) is 0 Å². The molecule has 0 aliphatic heterocycles. The first-order valence-electron chi connectivity index (χ1n) is 9.27. The molecular formula is C22H23NO. The minimum atomic E-state index is -0.0322. The van der Waals surface area contributed by atoms with E-state index < -0.39 is 0 Å². The Bertz CT molecular complexity index is 799. The third-order valence-corrected chi connectivity index (χ3v) is 6.60. The van der Waals surface area contributed by atoms with Crippen molar-refractivity contribution < 1.29 is 4.79 Å². The Balaban J connectivity index is 1.40. The van der Waals surface area contributed by atoms with Gasteiger partial charge in [0.2, 0.25) is 0 Å². The summed E-state index contributed by atoms with van der Waals surface area (Å²) in [5.41, 5.74) is 1.99. The lowest BCUT2D eigenvalue weighted by atomic mass is 9.48. The van der Waals surface area contributed by atoms with Crippen molar-refractivity contribution in [1.29, 1.82) is 0 Å². The topological polar surface area (TPSA) is 30.0 Å². The van der Waals surface area contributed by atoms with E-state index in [-0.39, 0.29) is 5.41 Å². The molecule has 4 aliphatic carbocycles. The fourth-order valence-corrected chi connectivity index (χ4v) is 5.94. The molecule has 0 N–H and O–H groups in total. The highest BCUT2D eigenvalue weighted by molar-refractivity contribution is 5.98. The number of hydrogen-bond acceptors (Lipinski definition) is 2. The van der Waals surface area contributed by atoms with Crippen molar-refractivity contribution >= 4 is 22.8 Å². The normalized spacial score (nSPS) is 34.2. The van der Waals surface area contributed by atoms with Crippen molar-refractivity contribution in [1.82, 2.24) is 4.98 Å². The van der Waals surface area contributed by atoms with E-state index in [9.17, 15) is 4.79 Å². The summed E-state index contributed by atoms with van der Waals surface area (Å²) in [5, 5.41) is 1.13. The molecule has 0 amide bonds. The number of nitrogens with zero attached hydrogens (tertiary/aromatic N) is 1. The molecule has 1 aromatic heterocycles. The van der Waals surface area contributed by atoms with E-state index in [0.29, 0.717) is 5.78 Å². The second-order valence-electron chi connectivity index (χ2n) is 8.36. The predicted octanol–water partition coefficient (Wildman–Crippen LogP) is 5.03. The summed E-state index contributed by atoms with van der Waals surface area (Å²) < 4.78 is 0. The van der Waals surface area contributed by atoms with Crippen LogP contribution in [0.3, 0.4) is 0 Å². The average molecular weight is 317 g/mol. The molecule has 6 rings (SSSR count). The molecule has 4 aliphatic rings. The van der Waals surface area contributed by atoms with Crippen molar-refractivity contribution in [3.8, 4) is 0 Å². The minimum absolute atomic E-state index is 0.0322. The van der Waals surface area contributed by atoms with Gasteiger partial charge in [0.05, 0.1) is 5.52 Å². The second-order valence-corrected chi connectivity index (χ2v) is 8.36. The predicted molar refractivity (Wildman–Crippen MR) is 96.4 cm³/mol. The van der Waals surface area contributed by atoms with Gasteiger partial charge in [-0.1, -0.05) is 18.2 Å². The third kappa shape index (κ3) is 2.31. The van der Waals surface area contributed by atoms with E-state index in [1.165, 1.54) is 19.3 Å². The monoisotopic (exact) mass is 317 g/mol. The van der Waals surface area contributed by atoms with Crippen LogP contribution in [-0.2, 0) is 4.79 Å². The lowest BCUT2D eigenvalue weighted by Gasteiger charge is -2.55. The standard InChI is InChI=1S/C22H23NO/c24-21(22-11-16-7-17(12-22)9-18(8-16)13-22)6-5-15-10-19-3-1-2-4-20(19)23-14-15/h1-6,10,14,16-18H,7-9,11-13H2/b6-5+. The highest BCUT2D eigenvalue weighted by Crippen LogP contribution is 2.60. The molecule has 0 unspecified atom stereocenters. The molecular weight excluding hydrogens is 294 g/mol. The number of fused-ring (bicyclic) bond motifs is 1. The van der Waals surface area contributed by atoms with Crippen LogP contribution in [-0.4, -0.2) is 10.8 Å². The molecule has 4 saturated carbocycles. The molecule has 122 valence electrons. The SMILES string of the molecule is O=C(/C=C/c1cnc2ccccc2c1)C12CC3CC(CC(C3)C1)C2. The highest BCUT2D eigenvalue weighted by Gasteiger charge is 2.53. The Labute approximate surface area is 143 Å². The molecule has 0 saturated heterocycles. The maximum atomic E-state index is 13.0. The quantitative estimate of drug-likeness (QED) is 0.743. The number of benzene rings is 1. The lowest BCUT2D eigenvalue weighted by Crippen LogP contribution is -2.49. The Morgan fingerprint density at radius 2 is 1.71 bits per heavy atom. The fraction of sp³-hybridized carbons (Fsp3) is 0.455. The van der Waals surface area contributed by atoms with Crippen molar-refractivity contribution in [2.24, 2.45) is 23.2 Å². The van der Waals surface area contributed by atoms with E-state index in [1.54, 1.807) is 0 Å². The zero-order valence-electron chi connectivity index (χ0n) is 13.9. The van der Waals surface area contributed by atoms with Crippen molar-refractivity contribution in [3.63, 3.8) is 0 Å². The molecule has 0 radical (unpaired) electrons. The molecule has 2 aromatic rings. The van der Waals surface area contributed by atoms with Crippen LogP contribution >= 0.6 is 0 Å². The summed E-state index contributed by atoms with van der Waals surface area (Å²) in [5.74, 6) is 2.82. The molecule has 1 aromatic carbocycles. The van der Waals surface area contributed by atoms with E-state index in [1.807, 2.05) is 36.5 Å². The minimum Gasteiger partial charge on any atom is -0.294 e. The number of ketones is 1. The van der Waals surface area contributed by atoms with Crippen molar-refractivity contribution in [2.45, 2.75) is 38.5 Å². The number of rotatable bonds is 3. The van der Waals surface area contributed by atoms with Crippen LogP contribution in [0.1, 0.15) is 44.1 Å². The zero-order valence-corrected chi connectivity index (χ0v) is 13.9. The number of allylic oxidation sites excluding steroid dienone is 1. The van der Waals surface area contributed by atoms with Gasteiger partial charge in [0.1, 0.15) is 0 Å². The van der Waals surface area contributed by atoms with Gasteiger partial charge in [0.25, 0.3) is 0 Å². The maximum Gasteiger partial charge on any atom is 0.161 e. The Hall–Kier alpha value is -1.96. The smallest absolute Gasteiger partial charge is 0.161 e. The van der Waals surface area contributed by atoms with E-state index >= 15 is 0 Å². The first-order valence-corrected chi connectivity index (χ1v) is 9.27. The number of carbonyl (C=O) groups excluding carboxylic acids is 1. The Morgan fingerprint density at radius 3 is 2.42 bits per heavy atom. The summed E-state index contributed by atoms with van der Waals surface area (Å²) in [6.07, 6.45) is 13.2. The number of hydrogen-bond donors (Lipinski definition) is 0. The van der Waals surface area contributed by atoms with Crippen LogP contribution in [0.15, 0.2) is 42.6 Å². The van der Waals surface area contributed by atoms with Gasteiger partial charge in [0, 0.05) is 17.0 Å². The van der Waals surface area contributed by atoms with Crippen LogP contribution in [0, 0.1) is 23.2 Å². The molecule has 0 atom stereocenters. The molecule has 2 nitrogen and oxygen atoms in total. The largest absolute Gasteiger partial charge is 0.294 e. The highest BCUT2D eigenvalue weighted by atomic mass is 16.1. The summed E-state index contributed by atoms with van der Waals surface area (Å²) in [6, 6.07) is 10.2. The number of carbonyl (C=O) groups is 1. The van der Waals surface area contributed by atoms with Crippen LogP contribution in [0.25, 0.3) is 17.0 Å². The van der Waals surface area contributed by atoms with Gasteiger partial charge in [0.15, 0.2) is 5.78 Å². The number of para-hydroxylation sites is 1. The van der Waals surface area contributed by atoms with Crippen LogP contribution in [0.2, 0.25) is 0 Å². The molecule has 24 heavy (non-hydrogen) atoms. The Morgan fingerprint density at radius 1 is 1.04 bits per heavy atom. The Kier molecular flexibility index (Phi) is 3.16. The van der Waals surface area contributed by atoms with Gasteiger partial charge in [-0.15, -0.1) is 0 Å². The van der Waals surface area contributed by atoms with E-state index in [2.05, 4.69) is 17.1 Å². The number of aromatic nitrogens is 1. The molecule has 2 heteroatoms. The molecule has 4 fully saturated rings. The van der Waals surface area contributed by atoms with E-state index in [0.717, 1.165) is 53.5 Å². The first-order chi connectivity index (χ1) is 11.7. The van der Waals surface area contributed by atoms with E-state index in [4.69, 9.17) is 0 Å². The second kappa shape index (κ2) is 5.27. The van der Waals surface area contributed by atoms with Gasteiger partial charge < -0.3 is 0 Å². The summed E-state index contributed by atoms with van der Waals surface area (Å²) in [7, 11) is 0. The summed E-state index contributed by atoms with van der Waals surface area (Å²) >= 11 is 0. The molecule has 0 spiro atoms. The van der Waals surface area contributed by atoms with Gasteiger partial charge >= 0.3 is 0 Å². The van der Waals surface area contributed by atoms with Crippen molar-refractivity contribution in [2.75, 3.05) is 0 Å². The van der Waals surface area contributed by atoms with Crippen LogP contribution in [0.4, 0.5) is 0 Å². The van der Waals surface area contributed by atoms with Gasteiger partial charge in [-0.3, -0.25) is 9.78 Å². The van der Waals surface area contributed by atoms with Crippen LogP contribution < -0.4 is 0 Å². The maximum absolute atomic E-state index is 13.0. The lowest BCUT2D eigenvalue weighted by molar-refractivity contribution is -0.138. The summed E-state index contributed by atoms with van der Waals surface area (Å²) in [6.45, 7) is 0. The van der Waals surface area contributed by atoms with Crippen LogP contribution in [0.5, 0.6) is 0 Å². The van der Waals surface area contributed by atoms with Gasteiger partial charge in [-0.05, 0) is 86.1 Å².